The minimum Gasteiger partial charge on any atom is -0.408 e. The quantitative estimate of drug-likeness (QED) is 0.851. The Labute approximate surface area is 117 Å². The van der Waals surface area contributed by atoms with Gasteiger partial charge >= 0.3 is 5.76 Å². The fourth-order valence-corrected chi connectivity index (χ4v) is 3.58. The van der Waals surface area contributed by atoms with Gasteiger partial charge < -0.3 is 14.6 Å². The van der Waals surface area contributed by atoms with Crippen LogP contribution in [0.5, 0.6) is 0 Å². The van der Waals surface area contributed by atoms with Gasteiger partial charge in [-0.25, -0.2) is 4.79 Å². The van der Waals surface area contributed by atoms with E-state index in [1.807, 2.05) is 12.1 Å². The van der Waals surface area contributed by atoms with Crippen LogP contribution in [0.3, 0.4) is 0 Å². The summed E-state index contributed by atoms with van der Waals surface area (Å²) in [5.41, 5.74) is 2.69. The van der Waals surface area contributed by atoms with E-state index >= 15 is 0 Å². The molecule has 0 unspecified atom stereocenters. The van der Waals surface area contributed by atoms with E-state index in [4.69, 9.17) is 4.42 Å². The minimum absolute atomic E-state index is 0.297. The third kappa shape index (κ3) is 1.77. The van der Waals surface area contributed by atoms with Gasteiger partial charge in [0.2, 0.25) is 0 Å². The summed E-state index contributed by atoms with van der Waals surface area (Å²) < 4.78 is 6.83. The summed E-state index contributed by atoms with van der Waals surface area (Å²) in [6.07, 6.45) is 2.60. The van der Waals surface area contributed by atoms with Crippen molar-refractivity contribution in [3.63, 3.8) is 0 Å². The Morgan fingerprint density at radius 3 is 3.10 bits per heavy atom. The Bertz CT molecular complexity index is 689. The third-order valence-corrected chi connectivity index (χ3v) is 4.74. The molecule has 4 rings (SSSR count). The lowest BCUT2D eigenvalue weighted by atomic mass is 9.94. The van der Waals surface area contributed by atoms with E-state index in [2.05, 4.69) is 16.3 Å². The fraction of sp³-hybridized carbons (Fsp3) is 0.533. The van der Waals surface area contributed by atoms with Gasteiger partial charge in [0.15, 0.2) is 5.58 Å². The number of nitrogens with one attached hydrogen (secondary N) is 1. The molecule has 0 bridgehead atoms. The average Bonchev–Trinajstić information content (AvgIpc) is 3.01. The average molecular weight is 273 g/mol. The zero-order valence-electron chi connectivity index (χ0n) is 11.6. The first-order valence-corrected chi connectivity index (χ1v) is 7.30. The second-order valence-corrected chi connectivity index (χ2v) is 5.95. The number of oxazole rings is 1. The number of rotatable bonds is 1. The summed E-state index contributed by atoms with van der Waals surface area (Å²) in [7, 11) is 1.74. The van der Waals surface area contributed by atoms with Gasteiger partial charge in [0.25, 0.3) is 0 Å². The summed E-state index contributed by atoms with van der Waals surface area (Å²) in [4.78, 5) is 14.0. The van der Waals surface area contributed by atoms with Crippen LogP contribution in [0.2, 0.25) is 0 Å². The lowest BCUT2D eigenvalue weighted by Crippen LogP contribution is -2.40. The van der Waals surface area contributed by atoms with E-state index < -0.39 is 0 Å². The van der Waals surface area contributed by atoms with Crippen LogP contribution in [0.25, 0.3) is 11.1 Å². The number of fused-ring (bicyclic) bond motifs is 2. The SMILES string of the molecule is Cn1c(=O)oc2cc(N3C[C@H]4CCCN[C@H]4C3)ccc21. The molecule has 0 aliphatic carbocycles. The van der Waals surface area contributed by atoms with Crippen molar-refractivity contribution in [1.82, 2.24) is 9.88 Å². The lowest BCUT2D eigenvalue weighted by Gasteiger charge is -2.24. The highest BCUT2D eigenvalue weighted by atomic mass is 16.4. The summed E-state index contributed by atoms with van der Waals surface area (Å²) >= 11 is 0. The monoisotopic (exact) mass is 273 g/mol. The first kappa shape index (κ1) is 12.0. The molecule has 3 heterocycles. The van der Waals surface area contributed by atoms with Gasteiger partial charge in [0.1, 0.15) is 0 Å². The van der Waals surface area contributed by atoms with E-state index in [9.17, 15) is 4.79 Å². The highest BCUT2D eigenvalue weighted by Gasteiger charge is 2.34. The molecule has 20 heavy (non-hydrogen) atoms. The normalized spacial score (nSPS) is 26.1. The maximum Gasteiger partial charge on any atom is 0.419 e. The topological polar surface area (TPSA) is 50.4 Å². The van der Waals surface area contributed by atoms with Crippen LogP contribution >= 0.6 is 0 Å². The highest BCUT2D eigenvalue weighted by molar-refractivity contribution is 5.77. The van der Waals surface area contributed by atoms with Gasteiger partial charge in [-0.3, -0.25) is 4.57 Å². The second kappa shape index (κ2) is 4.38. The van der Waals surface area contributed by atoms with Crippen LogP contribution in [-0.4, -0.2) is 30.2 Å². The van der Waals surface area contributed by atoms with Crippen LogP contribution in [0, 0.1) is 5.92 Å². The van der Waals surface area contributed by atoms with E-state index in [0.717, 1.165) is 36.8 Å². The maximum absolute atomic E-state index is 11.5. The predicted molar refractivity (Wildman–Crippen MR) is 78.2 cm³/mol. The first-order chi connectivity index (χ1) is 9.72. The maximum atomic E-state index is 11.5. The van der Waals surface area contributed by atoms with Crippen molar-refractivity contribution in [2.24, 2.45) is 13.0 Å². The minimum atomic E-state index is -0.297. The molecule has 2 aliphatic heterocycles. The van der Waals surface area contributed by atoms with E-state index in [-0.39, 0.29) is 5.76 Å². The van der Waals surface area contributed by atoms with Crippen LogP contribution in [-0.2, 0) is 7.05 Å². The number of aryl methyl sites for hydroxylation is 1. The Morgan fingerprint density at radius 1 is 1.35 bits per heavy atom. The molecule has 2 fully saturated rings. The summed E-state index contributed by atoms with van der Waals surface area (Å²) in [5, 5.41) is 3.61. The molecule has 0 spiro atoms. The van der Waals surface area contributed by atoms with Gasteiger partial charge in [-0.1, -0.05) is 0 Å². The van der Waals surface area contributed by atoms with Crippen LogP contribution < -0.4 is 16.0 Å². The summed E-state index contributed by atoms with van der Waals surface area (Å²) in [6, 6.07) is 6.68. The van der Waals surface area contributed by atoms with Crippen molar-refractivity contribution < 1.29 is 4.42 Å². The Morgan fingerprint density at radius 2 is 2.25 bits per heavy atom. The van der Waals surface area contributed by atoms with Crippen molar-refractivity contribution >= 4 is 16.8 Å². The lowest BCUT2D eigenvalue weighted by molar-refractivity contribution is 0.340. The van der Waals surface area contributed by atoms with Crippen molar-refractivity contribution in [3.05, 3.63) is 28.7 Å². The number of benzene rings is 1. The molecule has 1 aromatic carbocycles. The molecular formula is C15H19N3O2. The molecule has 0 saturated carbocycles. The Hall–Kier alpha value is -1.75. The molecule has 2 aliphatic rings. The van der Waals surface area contributed by atoms with Gasteiger partial charge in [0, 0.05) is 37.9 Å². The Balaban J connectivity index is 1.67. The molecule has 1 N–H and O–H groups in total. The molecule has 1 aromatic heterocycles. The molecule has 2 atom stereocenters. The van der Waals surface area contributed by atoms with Crippen molar-refractivity contribution in [3.8, 4) is 0 Å². The first-order valence-electron chi connectivity index (χ1n) is 7.30. The summed E-state index contributed by atoms with van der Waals surface area (Å²) in [6.45, 7) is 3.29. The number of nitrogens with zero attached hydrogens (tertiary/aromatic N) is 2. The van der Waals surface area contributed by atoms with Gasteiger partial charge in [-0.15, -0.1) is 0 Å². The fourth-order valence-electron chi connectivity index (χ4n) is 3.58. The molecule has 5 heteroatoms. The van der Waals surface area contributed by atoms with Crippen LogP contribution in [0.4, 0.5) is 5.69 Å². The van der Waals surface area contributed by atoms with Gasteiger partial charge in [-0.05, 0) is 37.4 Å². The standard InChI is InChI=1S/C15H19N3O2/c1-17-13-5-4-11(7-14(13)20-15(17)19)18-8-10-3-2-6-16-12(10)9-18/h4-5,7,10,12,16H,2-3,6,8-9H2,1H3/t10-,12+/m1/s1. The number of hydrogen-bond acceptors (Lipinski definition) is 4. The zero-order valence-corrected chi connectivity index (χ0v) is 11.6. The number of hydrogen-bond donors (Lipinski definition) is 1. The predicted octanol–water partition coefficient (Wildman–Crippen LogP) is 1.32. The third-order valence-electron chi connectivity index (χ3n) is 4.74. The number of anilines is 1. The van der Waals surface area contributed by atoms with Crippen molar-refractivity contribution in [2.45, 2.75) is 18.9 Å². The number of aromatic nitrogens is 1. The largest absolute Gasteiger partial charge is 0.419 e. The molecule has 0 radical (unpaired) electrons. The van der Waals surface area contributed by atoms with Crippen molar-refractivity contribution in [2.75, 3.05) is 24.5 Å². The van der Waals surface area contributed by atoms with Crippen molar-refractivity contribution in [1.29, 1.82) is 0 Å². The molecular weight excluding hydrogens is 254 g/mol. The zero-order chi connectivity index (χ0) is 13.7. The van der Waals surface area contributed by atoms with Gasteiger partial charge in [-0.2, -0.15) is 0 Å². The second-order valence-electron chi connectivity index (χ2n) is 5.95. The summed E-state index contributed by atoms with van der Waals surface area (Å²) in [5.74, 6) is 0.455. The number of piperidine rings is 1. The molecule has 5 nitrogen and oxygen atoms in total. The van der Waals surface area contributed by atoms with E-state index in [0.29, 0.717) is 11.6 Å². The van der Waals surface area contributed by atoms with Crippen LogP contribution in [0.1, 0.15) is 12.8 Å². The van der Waals surface area contributed by atoms with E-state index in [1.165, 1.54) is 12.8 Å². The highest BCUT2D eigenvalue weighted by Crippen LogP contribution is 2.30. The smallest absolute Gasteiger partial charge is 0.408 e. The molecule has 2 aromatic rings. The Kier molecular flexibility index (Phi) is 2.63. The molecule has 2 saturated heterocycles. The molecule has 0 amide bonds. The van der Waals surface area contributed by atoms with Gasteiger partial charge in [0.05, 0.1) is 5.52 Å². The molecule has 106 valence electrons. The van der Waals surface area contributed by atoms with Crippen LogP contribution in [0.15, 0.2) is 27.4 Å². The van der Waals surface area contributed by atoms with E-state index in [1.54, 1.807) is 11.6 Å².